The first-order valence-corrected chi connectivity index (χ1v) is 8.36. The molecule has 1 heterocycles. The second-order valence-electron chi connectivity index (χ2n) is 5.27. The van der Waals surface area contributed by atoms with Gasteiger partial charge in [-0.3, -0.25) is 0 Å². The van der Waals surface area contributed by atoms with Gasteiger partial charge in [-0.1, -0.05) is 24.6 Å². The van der Waals surface area contributed by atoms with Gasteiger partial charge in [0.1, 0.15) is 5.01 Å². The van der Waals surface area contributed by atoms with Crippen LogP contribution in [0.3, 0.4) is 0 Å². The zero-order chi connectivity index (χ0) is 14.1. The van der Waals surface area contributed by atoms with E-state index in [1.54, 1.807) is 0 Å². The van der Waals surface area contributed by atoms with Gasteiger partial charge in [-0.05, 0) is 56.0 Å². The van der Waals surface area contributed by atoms with Gasteiger partial charge in [0.15, 0.2) is 0 Å². The molecule has 0 radical (unpaired) electrons. The average Bonchev–Trinajstić information content (AvgIpc) is 2.97. The van der Waals surface area contributed by atoms with Gasteiger partial charge < -0.3 is 5.32 Å². The second-order valence-corrected chi connectivity index (χ2v) is 6.82. The van der Waals surface area contributed by atoms with E-state index in [0.717, 1.165) is 18.0 Å². The molecule has 20 heavy (non-hydrogen) atoms. The Morgan fingerprint density at radius 1 is 1.40 bits per heavy atom. The Hall–Kier alpha value is -0.900. The molecule has 1 N–H and O–H groups in total. The number of fused-ring (bicyclic) bond motifs is 1. The van der Waals surface area contributed by atoms with Gasteiger partial charge in [0.05, 0.1) is 11.7 Å². The molecular weight excluding hydrogens is 288 g/mol. The van der Waals surface area contributed by atoms with Crippen LogP contribution in [-0.2, 0) is 12.8 Å². The second kappa shape index (κ2) is 5.84. The highest BCUT2D eigenvalue weighted by atomic mass is 35.5. The molecule has 1 aromatic heterocycles. The van der Waals surface area contributed by atoms with Crippen molar-refractivity contribution in [1.29, 1.82) is 0 Å². The summed E-state index contributed by atoms with van der Waals surface area (Å²) in [6, 6.07) is 6.31. The molecular formula is C16H19ClN2S. The Balaban J connectivity index is 1.99. The van der Waals surface area contributed by atoms with Crippen molar-refractivity contribution >= 4 is 22.9 Å². The van der Waals surface area contributed by atoms with E-state index in [-0.39, 0.29) is 6.04 Å². The molecule has 0 spiro atoms. The molecule has 0 fully saturated rings. The Kier molecular flexibility index (Phi) is 4.11. The number of hydrogen-bond donors (Lipinski definition) is 1. The summed E-state index contributed by atoms with van der Waals surface area (Å²) >= 11 is 7.94. The van der Waals surface area contributed by atoms with E-state index < -0.39 is 0 Å². The van der Waals surface area contributed by atoms with Crippen LogP contribution in [0.4, 0.5) is 0 Å². The van der Waals surface area contributed by atoms with Crippen LogP contribution in [0.5, 0.6) is 0 Å². The first-order valence-electron chi connectivity index (χ1n) is 7.17. The highest BCUT2D eigenvalue weighted by molar-refractivity contribution is 7.11. The summed E-state index contributed by atoms with van der Waals surface area (Å²) in [5, 5.41) is 5.56. The predicted octanol–water partition coefficient (Wildman–Crippen LogP) is 4.29. The van der Waals surface area contributed by atoms with Gasteiger partial charge in [0.2, 0.25) is 0 Å². The van der Waals surface area contributed by atoms with Crippen LogP contribution >= 0.6 is 22.9 Å². The van der Waals surface area contributed by atoms with Crippen molar-refractivity contribution in [1.82, 2.24) is 10.3 Å². The zero-order valence-electron chi connectivity index (χ0n) is 11.9. The van der Waals surface area contributed by atoms with Gasteiger partial charge in [0.25, 0.3) is 0 Å². The third kappa shape index (κ3) is 2.62. The summed E-state index contributed by atoms with van der Waals surface area (Å²) < 4.78 is 0. The van der Waals surface area contributed by atoms with Crippen molar-refractivity contribution in [3.8, 4) is 0 Å². The zero-order valence-corrected chi connectivity index (χ0v) is 13.4. The molecule has 3 rings (SSSR count). The van der Waals surface area contributed by atoms with Crippen molar-refractivity contribution < 1.29 is 0 Å². The predicted molar refractivity (Wildman–Crippen MR) is 85.8 cm³/mol. The number of benzene rings is 1. The lowest BCUT2D eigenvalue weighted by Crippen LogP contribution is -2.22. The van der Waals surface area contributed by atoms with Gasteiger partial charge in [0, 0.05) is 9.90 Å². The van der Waals surface area contributed by atoms with Gasteiger partial charge in [-0.25, -0.2) is 4.98 Å². The minimum atomic E-state index is 0.188. The fourth-order valence-corrected chi connectivity index (χ4v) is 4.31. The smallest absolute Gasteiger partial charge is 0.115 e. The molecule has 2 nitrogen and oxygen atoms in total. The fraction of sp³-hybridized carbons (Fsp3) is 0.438. The van der Waals surface area contributed by atoms with Crippen LogP contribution in [0.2, 0.25) is 5.02 Å². The largest absolute Gasteiger partial charge is 0.305 e. The molecule has 0 saturated heterocycles. The minimum absolute atomic E-state index is 0.188. The SMILES string of the molecule is CCNC(c1nc2c(s1)CCC2)c1ccc(Cl)cc1C. The van der Waals surface area contributed by atoms with E-state index in [2.05, 4.69) is 25.2 Å². The van der Waals surface area contributed by atoms with Crippen LogP contribution in [0, 0.1) is 6.92 Å². The van der Waals surface area contributed by atoms with Crippen LogP contribution in [0.25, 0.3) is 0 Å². The van der Waals surface area contributed by atoms with Crippen molar-refractivity contribution in [2.75, 3.05) is 6.54 Å². The third-order valence-corrected chi connectivity index (χ3v) is 5.27. The lowest BCUT2D eigenvalue weighted by Gasteiger charge is -2.18. The Bertz CT molecular complexity index is 599. The highest BCUT2D eigenvalue weighted by Gasteiger charge is 2.23. The average molecular weight is 307 g/mol. The van der Waals surface area contributed by atoms with Crippen LogP contribution in [0.15, 0.2) is 18.2 Å². The Morgan fingerprint density at radius 2 is 2.25 bits per heavy atom. The maximum absolute atomic E-state index is 6.07. The lowest BCUT2D eigenvalue weighted by molar-refractivity contribution is 0.622. The maximum Gasteiger partial charge on any atom is 0.115 e. The first-order chi connectivity index (χ1) is 9.69. The molecule has 1 aliphatic rings. The molecule has 1 atom stereocenters. The Morgan fingerprint density at radius 3 is 2.95 bits per heavy atom. The van der Waals surface area contributed by atoms with Crippen molar-refractivity contribution in [2.24, 2.45) is 0 Å². The van der Waals surface area contributed by atoms with E-state index in [0.29, 0.717) is 0 Å². The summed E-state index contributed by atoms with van der Waals surface area (Å²) in [4.78, 5) is 6.35. The number of hydrogen-bond acceptors (Lipinski definition) is 3. The monoisotopic (exact) mass is 306 g/mol. The molecule has 2 aromatic rings. The van der Waals surface area contributed by atoms with Crippen molar-refractivity contribution in [3.05, 3.63) is 49.9 Å². The standard InChI is InChI=1S/C16H19ClN2S/c1-3-18-15(12-8-7-11(17)9-10(12)2)16-19-13-5-4-6-14(13)20-16/h7-9,15,18H,3-6H2,1-2H3. The number of nitrogens with one attached hydrogen (secondary N) is 1. The number of nitrogens with zero attached hydrogens (tertiary/aromatic N) is 1. The summed E-state index contributed by atoms with van der Waals surface area (Å²) in [5.74, 6) is 0. The Labute approximate surface area is 129 Å². The molecule has 0 bridgehead atoms. The van der Waals surface area contributed by atoms with Crippen LogP contribution in [0.1, 0.15) is 46.1 Å². The van der Waals surface area contributed by atoms with Crippen molar-refractivity contribution in [3.63, 3.8) is 0 Å². The summed E-state index contributed by atoms with van der Waals surface area (Å²) in [6.45, 7) is 5.18. The van der Waals surface area contributed by atoms with Gasteiger partial charge in [-0.15, -0.1) is 11.3 Å². The highest BCUT2D eigenvalue weighted by Crippen LogP contribution is 2.34. The van der Waals surface area contributed by atoms with Crippen LogP contribution in [-0.4, -0.2) is 11.5 Å². The van der Waals surface area contributed by atoms with E-state index >= 15 is 0 Å². The molecule has 0 aliphatic heterocycles. The van der Waals surface area contributed by atoms with E-state index in [1.807, 2.05) is 23.5 Å². The number of halogens is 1. The maximum atomic E-state index is 6.07. The molecule has 1 aliphatic carbocycles. The number of aromatic nitrogens is 1. The number of aryl methyl sites for hydroxylation is 3. The normalized spacial score (nSPS) is 15.3. The van der Waals surface area contributed by atoms with E-state index in [1.165, 1.54) is 39.5 Å². The van der Waals surface area contributed by atoms with Gasteiger partial charge >= 0.3 is 0 Å². The molecule has 0 amide bonds. The summed E-state index contributed by atoms with van der Waals surface area (Å²) in [7, 11) is 0. The third-order valence-electron chi connectivity index (χ3n) is 3.81. The molecule has 1 unspecified atom stereocenters. The quantitative estimate of drug-likeness (QED) is 0.911. The molecule has 4 heteroatoms. The fourth-order valence-electron chi connectivity index (χ4n) is 2.83. The molecule has 106 valence electrons. The van der Waals surface area contributed by atoms with Crippen molar-refractivity contribution in [2.45, 2.75) is 39.2 Å². The lowest BCUT2D eigenvalue weighted by atomic mass is 10.0. The molecule has 1 aromatic carbocycles. The topological polar surface area (TPSA) is 24.9 Å². The van der Waals surface area contributed by atoms with E-state index in [9.17, 15) is 0 Å². The van der Waals surface area contributed by atoms with Crippen LogP contribution < -0.4 is 5.32 Å². The van der Waals surface area contributed by atoms with Gasteiger partial charge in [-0.2, -0.15) is 0 Å². The summed E-state index contributed by atoms with van der Waals surface area (Å²) in [5.41, 5.74) is 3.82. The number of thiazole rings is 1. The van der Waals surface area contributed by atoms with E-state index in [4.69, 9.17) is 16.6 Å². The number of rotatable bonds is 4. The minimum Gasteiger partial charge on any atom is -0.305 e. The summed E-state index contributed by atoms with van der Waals surface area (Å²) in [6.07, 6.45) is 3.61. The molecule has 0 saturated carbocycles. The first kappa shape index (κ1) is 14.1.